The van der Waals surface area contributed by atoms with E-state index in [0.717, 1.165) is 42.8 Å². The molecule has 0 fully saturated rings. The molecule has 5 nitrogen and oxygen atoms in total. The lowest BCUT2D eigenvalue weighted by molar-refractivity contribution is -0.132. The number of thiazole rings is 1. The first-order valence-electron chi connectivity index (χ1n) is 10.1. The van der Waals surface area contributed by atoms with Gasteiger partial charge >= 0.3 is 0 Å². The molecule has 1 aliphatic rings. The van der Waals surface area contributed by atoms with Crippen LogP contribution in [0, 0.1) is 0 Å². The van der Waals surface area contributed by atoms with E-state index in [9.17, 15) is 9.59 Å². The van der Waals surface area contributed by atoms with Crippen LogP contribution in [0.2, 0.25) is 0 Å². The van der Waals surface area contributed by atoms with Gasteiger partial charge in [-0.25, -0.2) is 4.98 Å². The molecule has 2 amide bonds. The topological polar surface area (TPSA) is 62.3 Å². The lowest BCUT2D eigenvalue weighted by Crippen LogP contribution is -2.37. The summed E-state index contributed by atoms with van der Waals surface area (Å²) in [7, 11) is 0. The second kappa shape index (κ2) is 9.50. The number of hydrogen-bond acceptors (Lipinski definition) is 5. The minimum Gasteiger partial charge on any atom is -0.356 e. The van der Waals surface area contributed by atoms with Crippen LogP contribution in [-0.2, 0) is 29.0 Å². The minimum atomic E-state index is 0.0286. The zero-order chi connectivity index (χ0) is 20.1. The molecule has 29 heavy (non-hydrogen) atoms. The zero-order valence-electron chi connectivity index (χ0n) is 16.4. The molecule has 1 aromatic carbocycles. The molecule has 0 unspecified atom stereocenters. The number of nitrogens with zero attached hydrogens (tertiary/aromatic N) is 2. The van der Waals surface area contributed by atoms with Crippen molar-refractivity contribution in [3.8, 4) is 0 Å². The van der Waals surface area contributed by atoms with Gasteiger partial charge in [-0.1, -0.05) is 12.1 Å². The Morgan fingerprint density at radius 3 is 2.93 bits per heavy atom. The van der Waals surface area contributed by atoms with E-state index < -0.39 is 0 Å². The maximum Gasteiger partial charge on any atom is 0.224 e. The van der Waals surface area contributed by atoms with Crippen molar-refractivity contribution in [1.82, 2.24) is 15.2 Å². The molecule has 2 aromatic heterocycles. The van der Waals surface area contributed by atoms with Gasteiger partial charge in [0.2, 0.25) is 11.8 Å². The third kappa shape index (κ3) is 5.22. The predicted octanol–water partition coefficient (Wildman–Crippen LogP) is 4.16. The normalized spacial score (nSPS) is 13.4. The van der Waals surface area contributed by atoms with E-state index in [1.54, 1.807) is 22.7 Å². The number of carbonyl (C=O) groups excluding carboxylic acids is 2. The van der Waals surface area contributed by atoms with Gasteiger partial charge < -0.3 is 10.2 Å². The van der Waals surface area contributed by atoms with Crippen LogP contribution < -0.4 is 5.32 Å². The highest BCUT2D eigenvalue weighted by atomic mass is 32.1. The fraction of sp³-hybridized carbons (Fsp3) is 0.409. The summed E-state index contributed by atoms with van der Waals surface area (Å²) >= 11 is 3.50. The first kappa shape index (κ1) is 20.0. The molecular weight excluding hydrogens is 402 g/mol. The van der Waals surface area contributed by atoms with E-state index in [2.05, 4.69) is 27.8 Å². The number of nitrogens with one attached hydrogen (secondary N) is 1. The quantitative estimate of drug-likeness (QED) is 0.549. The number of fused-ring (bicyclic) bond motifs is 2. The van der Waals surface area contributed by atoms with Crippen molar-refractivity contribution >= 4 is 44.7 Å². The summed E-state index contributed by atoms with van der Waals surface area (Å²) in [5.74, 6) is 0.152. The molecule has 0 atom stereocenters. The fourth-order valence-electron chi connectivity index (χ4n) is 3.61. The summed E-state index contributed by atoms with van der Waals surface area (Å²) < 4.78 is 1.22. The SMILES string of the molecule is O=C(CCCCc1nc2ccccc2s1)NCCC(=O)N1CCc2sccc2C1. The Morgan fingerprint density at radius 2 is 2.03 bits per heavy atom. The Bertz CT molecular complexity index is 962. The lowest BCUT2D eigenvalue weighted by Gasteiger charge is -2.27. The van der Waals surface area contributed by atoms with Crippen LogP contribution in [0.15, 0.2) is 35.7 Å². The molecule has 1 N–H and O–H groups in total. The number of benzene rings is 1. The van der Waals surface area contributed by atoms with Crippen LogP contribution >= 0.6 is 22.7 Å². The van der Waals surface area contributed by atoms with Gasteiger partial charge in [-0.2, -0.15) is 0 Å². The highest BCUT2D eigenvalue weighted by molar-refractivity contribution is 7.18. The van der Waals surface area contributed by atoms with E-state index in [0.29, 0.717) is 25.9 Å². The molecule has 4 rings (SSSR count). The standard InChI is InChI=1S/C22H25N3O2S2/c26-20(7-3-4-8-21-24-17-5-1-2-6-19(17)29-21)23-12-9-22(27)25-13-10-18-16(15-25)11-14-28-18/h1-2,5-6,11,14H,3-4,7-10,12-13,15H2,(H,23,26). The van der Waals surface area contributed by atoms with Gasteiger partial charge in [0.05, 0.1) is 15.2 Å². The minimum absolute atomic E-state index is 0.0286. The summed E-state index contributed by atoms with van der Waals surface area (Å²) in [6, 6.07) is 10.3. The van der Waals surface area contributed by atoms with E-state index in [-0.39, 0.29) is 11.8 Å². The highest BCUT2D eigenvalue weighted by Crippen LogP contribution is 2.24. The fourth-order valence-corrected chi connectivity index (χ4v) is 5.50. The number of aryl methyl sites for hydroxylation is 1. The van der Waals surface area contributed by atoms with Crippen molar-refractivity contribution in [2.24, 2.45) is 0 Å². The second-order valence-electron chi connectivity index (χ2n) is 7.32. The molecule has 0 aliphatic carbocycles. The van der Waals surface area contributed by atoms with E-state index in [1.165, 1.54) is 15.1 Å². The Morgan fingerprint density at radius 1 is 1.14 bits per heavy atom. The van der Waals surface area contributed by atoms with Gasteiger partial charge in [-0.3, -0.25) is 9.59 Å². The van der Waals surface area contributed by atoms with E-state index >= 15 is 0 Å². The van der Waals surface area contributed by atoms with E-state index in [4.69, 9.17) is 0 Å². The van der Waals surface area contributed by atoms with Crippen LogP contribution in [0.4, 0.5) is 0 Å². The number of thiophene rings is 1. The Labute approximate surface area is 178 Å². The maximum absolute atomic E-state index is 12.4. The van der Waals surface area contributed by atoms with Crippen molar-refractivity contribution in [2.45, 2.75) is 45.1 Å². The number of hydrogen-bond donors (Lipinski definition) is 1. The van der Waals surface area contributed by atoms with Gasteiger partial charge in [-0.05, 0) is 54.8 Å². The van der Waals surface area contributed by atoms with E-state index in [1.807, 2.05) is 23.1 Å². The smallest absolute Gasteiger partial charge is 0.224 e. The molecule has 7 heteroatoms. The van der Waals surface area contributed by atoms with Gasteiger partial charge in [0, 0.05) is 37.4 Å². The average Bonchev–Trinajstić information content (AvgIpc) is 3.36. The summed E-state index contributed by atoms with van der Waals surface area (Å²) in [5, 5.41) is 6.11. The number of rotatable bonds is 8. The van der Waals surface area contributed by atoms with Crippen LogP contribution in [0.25, 0.3) is 10.2 Å². The van der Waals surface area contributed by atoms with Crippen LogP contribution in [0.3, 0.4) is 0 Å². The van der Waals surface area contributed by atoms with Crippen molar-refractivity contribution in [3.63, 3.8) is 0 Å². The molecule has 0 saturated carbocycles. The first-order chi connectivity index (χ1) is 14.2. The van der Waals surface area contributed by atoms with Crippen molar-refractivity contribution < 1.29 is 9.59 Å². The number of amides is 2. The largest absolute Gasteiger partial charge is 0.356 e. The summed E-state index contributed by atoms with van der Waals surface area (Å²) in [4.78, 5) is 32.3. The molecule has 0 saturated heterocycles. The summed E-state index contributed by atoms with van der Waals surface area (Å²) in [5.41, 5.74) is 2.32. The number of unbranched alkanes of at least 4 members (excludes halogenated alkanes) is 1. The third-order valence-electron chi connectivity index (χ3n) is 5.20. The number of aromatic nitrogens is 1. The predicted molar refractivity (Wildman–Crippen MR) is 118 cm³/mol. The van der Waals surface area contributed by atoms with Gasteiger partial charge in [0.15, 0.2) is 0 Å². The van der Waals surface area contributed by atoms with Gasteiger partial charge in [0.25, 0.3) is 0 Å². The van der Waals surface area contributed by atoms with Gasteiger partial charge in [0.1, 0.15) is 0 Å². The molecule has 3 heterocycles. The zero-order valence-corrected chi connectivity index (χ0v) is 18.0. The maximum atomic E-state index is 12.4. The molecule has 0 radical (unpaired) electrons. The van der Waals surface area contributed by atoms with Crippen molar-refractivity contribution in [3.05, 3.63) is 51.2 Å². The highest BCUT2D eigenvalue weighted by Gasteiger charge is 2.21. The Balaban J connectivity index is 1.10. The Kier molecular flexibility index (Phi) is 6.56. The number of para-hydroxylation sites is 1. The molecule has 3 aromatic rings. The molecule has 152 valence electrons. The van der Waals surface area contributed by atoms with Crippen molar-refractivity contribution in [2.75, 3.05) is 13.1 Å². The molecule has 0 bridgehead atoms. The van der Waals surface area contributed by atoms with Crippen molar-refractivity contribution in [1.29, 1.82) is 0 Å². The van der Waals surface area contributed by atoms with Crippen LogP contribution in [0.5, 0.6) is 0 Å². The van der Waals surface area contributed by atoms with Crippen LogP contribution in [0.1, 0.15) is 41.1 Å². The monoisotopic (exact) mass is 427 g/mol. The average molecular weight is 428 g/mol. The molecule has 1 aliphatic heterocycles. The Hall–Kier alpha value is -2.25. The summed E-state index contributed by atoms with van der Waals surface area (Å²) in [6.45, 7) is 1.91. The van der Waals surface area contributed by atoms with Crippen LogP contribution in [-0.4, -0.2) is 34.8 Å². The molecular formula is C22H25N3O2S2. The second-order valence-corrected chi connectivity index (χ2v) is 9.43. The molecule has 0 spiro atoms. The number of carbonyl (C=O) groups is 2. The lowest BCUT2D eigenvalue weighted by atomic mass is 10.1. The summed E-state index contributed by atoms with van der Waals surface area (Å²) in [6.07, 6.45) is 4.51. The van der Waals surface area contributed by atoms with Gasteiger partial charge in [-0.15, -0.1) is 22.7 Å². The first-order valence-corrected chi connectivity index (χ1v) is 11.8. The third-order valence-corrected chi connectivity index (χ3v) is 7.32.